The third-order valence-corrected chi connectivity index (χ3v) is 10.6. The molecule has 6 aromatic rings. The maximum Gasteiger partial charge on any atom is 0.162 e. The zero-order valence-corrected chi connectivity index (χ0v) is 33.9. The average molecular weight is 867 g/mol. The van der Waals surface area contributed by atoms with Crippen molar-refractivity contribution in [2.45, 2.75) is 79.8 Å². The number of aliphatic hydroxyl groups is 1. The summed E-state index contributed by atoms with van der Waals surface area (Å²) >= 11 is 0. The third kappa shape index (κ3) is 7.27. The number of aryl methyl sites for hydroxylation is 2. The number of aromatic nitrogens is 1. The Morgan fingerprint density at radius 2 is 1.23 bits per heavy atom. The van der Waals surface area contributed by atoms with Crippen LogP contribution < -0.4 is 0 Å². The van der Waals surface area contributed by atoms with Crippen molar-refractivity contribution >= 4 is 54.8 Å². The van der Waals surface area contributed by atoms with Gasteiger partial charge in [-0.15, -0.1) is 5.69 Å². The van der Waals surface area contributed by atoms with Crippen molar-refractivity contribution in [1.82, 2.24) is 4.57 Å². The second kappa shape index (κ2) is 16.5. The first-order valence-electron chi connectivity index (χ1n) is 18.5. The van der Waals surface area contributed by atoms with Crippen molar-refractivity contribution in [3.05, 3.63) is 143 Å². The molecule has 1 aliphatic heterocycles. The van der Waals surface area contributed by atoms with Crippen molar-refractivity contribution < 1.29 is 30.0 Å². The number of rotatable bonds is 8. The first-order valence-corrected chi connectivity index (χ1v) is 18.5. The maximum atomic E-state index is 11.7. The molecular formula is C47H50IrN2O2-2. The summed E-state index contributed by atoms with van der Waals surface area (Å²) in [5, 5.41) is 22.5. The number of hydrogen-bond acceptors (Lipinski definition) is 2. The van der Waals surface area contributed by atoms with Crippen LogP contribution in [0.2, 0.25) is 0 Å². The van der Waals surface area contributed by atoms with Crippen LogP contribution in [0.5, 0.6) is 0 Å². The third-order valence-electron chi connectivity index (χ3n) is 10.6. The number of para-hydroxylation sites is 2. The van der Waals surface area contributed by atoms with Crippen LogP contribution in [0, 0.1) is 31.7 Å². The fraction of sp³-hybridized carbons (Fsp3) is 0.298. The van der Waals surface area contributed by atoms with Crippen molar-refractivity contribution in [3.63, 3.8) is 0 Å². The molecule has 4 nitrogen and oxygen atoms in total. The smallest absolute Gasteiger partial charge is 0.162 e. The number of benzene rings is 5. The minimum atomic E-state index is -0.639. The summed E-state index contributed by atoms with van der Waals surface area (Å²) in [7, 11) is 0. The molecule has 1 radical (unpaired) electrons. The molecule has 0 fully saturated rings. The average Bonchev–Trinajstić information content (AvgIpc) is 3.47. The fourth-order valence-electron chi connectivity index (χ4n) is 7.84. The molecule has 5 heteroatoms. The summed E-state index contributed by atoms with van der Waals surface area (Å²) in [5.74, 6) is 0.547. The molecule has 1 aromatic heterocycles. The molecule has 0 amide bonds. The molecule has 52 heavy (non-hydrogen) atoms. The molecule has 1 atom stereocenters. The van der Waals surface area contributed by atoms with Gasteiger partial charge in [0.2, 0.25) is 0 Å². The van der Waals surface area contributed by atoms with E-state index in [-0.39, 0.29) is 43.5 Å². The number of hydrogen-bond donors (Lipinski definition) is 1. The van der Waals surface area contributed by atoms with Gasteiger partial charge in [0, 0.05) is 59.8 Å². The number of carbonyl (C=O) groups excluding carboxylic acids is 1. The fourth-order valence-corrected chi connectivity index (χ4v) is 7.84. The van der Waals surface area contributed by atoms with E-state index >= 15 is 0 Å². The summed E-state index contributed by atoms with van der Waals surface area (Å²) in [5.41, 5.74) is 6.12. The van der Waals surface area contributed by atoms with E-state index in [2.05, 4.69) is 135 Å². The van der Waals surface area contributed by atoms with Crippen LogP contribution in [0.3, 0.4) is 0 Å². The topological polar surface area (TPSA) is 56.3 Å². The van der Waals surface area contributed by atoms with Crippen LogP contribution in [0.4, 0.5) is 5.69 Å². The van der Waals surface area contributed by atoms with Crippen LogP contribution in [-0.4, -0.2) is 15.5 Å². The van der Waals surface area contributed by atoms with Gasteiger partial charge in [0.25, 0.3) is 0 Å². The maximum absolute atomic E-state index is 11.7. The van der Waals surface area contributed by atoms with Crippen LogP contribution in [0.25, 0.3) is 48.7 Å². The molecule has 5 aromatic carbocycles. The van der Waals surface area contributed by atoms with Gasteiger partial charge in [0.15, 0.2) is 5.78 Å². The molecule has 0 bridgehead atoms. The number of ketones is 1. The molecule has 2 heterocycles. The van der Waals surface area contributed by atoms with Crippen LogP contribution >= 0.6 is 0 Å². The van der Waals surface area contributed by atoms with Gasteiger partial charge in [-0.05, 0) is 59.0 Å². The summed E-state index contributed by atoms with van der Waals surface area (Å²) in [4.78, 5) is 11.7. The predicted molar refractivity (Wildman–Crippen MR) is 216 cm³/mol. The van der Waals surface area contributed by atoms with Crippen LogP contribution in [-0.2, 0) is 30.6 Å². The number of allylic oxidation sites excluding steroid dienone is 2. The molecule has 271 valence electrons. The van der Waals surface area contributed by atoms with Gasteiger partial charge in [0.05, 0.1) is 5.76 Å². The van der Waals surface area contributed by atoms with E-state index in [1.807, 2.05) is 27.7 Å². The van der Waals surface area contributed by atoms with Crippen LogP contribution in [0.1, 0.15) is 77.0 Å². The van der Waals surface area contributed by atoms with Gasteiger partial charge in [-0.2, -0.15) is 34.9 Å². The van der Waals surface area contributed by atoms with E-state index in [4.69, 9.17) is 5.32 Å². The van der Waals surface area contributed by atoms with Crippen LogP contribution in [0.15, 0.2) is 115 Å². The van der Waals surface area contributed by atoms with Gasteiger partial charge in [0.1, 0.15) is 0 Å². The van der Waals surface area contributed by atoms with E-state index in [1.165, 1.54) is 44.0 Å². The number of carbonyl (C=O) groups is 1. The number of aliphatic hydroxyl groups excluding tert-OH is 1. The van der Waals surface area contributed by atoms with Crippen molar-refractivity contribution in [2.75, 3.05) is 0 Å². The Hall–Kier alpha value is -4.44. The summed E-state index contributed by atoms with van der Waals surface area (Å²) in [6.45, 7) is 14.6. The summed E-state index contributed by atoms with van der Waals surface area (Å²) in [6.07, 6.45) is 4.91. The van der Waals surface area contributed by atoms with E-state index in [1.54, 1.807) is 0 Å². The van der Waals surface area contributed by atoms with E-state index in [9.17, 15) is 9.90 Å². The minimum Gasteiger partial charge on any atom is -0.659 e. The number of nitrogens with zero attached hydrogens (tertiary/aromatic N) is 2. The molecule has 0 saturated heterocycles. The SMILES string of the molecule is CCC(CC)C(=O)/C=C(\O)C(CC)CC.Cc1[c-]c(C2(C)[N-]c3cccc4c5ccccc5c5ccccc5c5ccccc5n2c34)cc(C)c1.[Ir]. The molecule has 0 saturated carbocycles. The van der Waals surface area contributed by atoms with E-state index < -0.39 is 5.66 Å². The van der Waals surface area contributed by atoms with Gasteiger partial charge < -0.3 is 15.0 Å². The van der Waals surface area contributed by atoms with Gasteiger partial charge in [-0.3, -0.25) is 4.79 Å². The van der Waals surface area contributed by atoms with Crippen molar-refractivity contribution in [3.8, 4) is 0 Å². The predicted octanol–water partition coefficient (Wildman–Crippen LogP) is 13.2. The summed E-state index contributed by atoms with van der Waals surface area (Å²) < 4.78 is 2.45. The monoisotopic (exact) mass is 867 g/mol. The molecule has 0 spiro atoms. The molecule has 0 aliphatic carbocycles. The van der Waals surface area contributed by atoms with Gasteiger partial charge in [-0.1, -0.05) is 133 Å². The van der Waals surface area contributed by atoms with Gasteiger partial charge >= 0.3 is 0 Å². The second-order valence-corrected chi connectivity index (χ2v) is 14.0. The Bertz CT molecular complexity index is 2310. The molecule has 7 rings (SSSR count). The second-order valence-electron chi connectivity index (χ2n) is 14.0. The standard InChI is InChI=1S/C34H26N2.C13H24O2.Ir/c1-22-19-23(2)21-24(20-22)34(3)35-31-17-10-16-30-28-14-7-5-12-26(28)25-11-4-6-13-27(25)29-15-8-9-18-32(29)36(34)33(30)31;1-5-10(6-2)12(14)9-13(15)11(7-3)8-4;/h4-20H,1-3H3;9-11,14H,5-8H2,1-4H3;/q-2;;/b;12-9-;. The normalized spacial score (nSPS) is 15.1. The van der Waals surface area contributed by atoms with Crippen molar-refractivity contribution in [2.24, 2.45) is 11.8 Å². The van der Waals surface area contributed by atoms with Gasteiger partial charge in [-0.25, -0.2) is 0 Å². The summed E-state index contributed by atoms with van der Waals surface area (Å²) in [6, 6.07) is 40.9. The zero-order chi connectivity index (χ0) is 36.3. The Morgan fingerprint density at radius 3 is 1.79 bits per heavy atom. The first kappa shape index (κ1) is 38.8. The molecule has 1 aliphatic rings. The number of fused-ring (bicyclic) bond motifs is 7. The first-order chi connectivity index (χ1) is 24.6. The largest absolute Gasteiger partial charge is 0.659 e. The minimum absolute atomic E-state index is 0. The van der Waals surface area contributed by atoms with Crippen molar-refractivity contribution in [1.29, 1.82) is 0 Å². The Morgan fingerprint density at radius 1 is 0.731 bits per heavy atom. The Balaban J connectivity index is 0.000000280. The Kier molecular flexibility index (Phi) is 12.3. The van der Waals surface area contributed by atoms with E-state index in [0.29, 0.717) is 0 Å². The molecular weight excluding hydrogens is 817 g/mol. The molecule has 1 N–H and O–H groups in total. The zero-order valence-electron chi connectivity index (χ0n) is 31.5. The van der Waals surface area contributed by atoms with E-state index in [0.717, 1.165) is 53.5 Å². The Labute approximate surface area is 322 Å². The molecule has 1 unspecified atom stereocenters. The quantitative estimate of drug-likeness (QED) is 0.0941.